The van der Waals surface area contributed by atoms with Crippen molar-refractivity contribution in [3.8, 4) is 0 Å². The summed E-state index contributed by atoms with van der Waals surface area (Å²) in [5, 5.41) is 0. The summed E-state index contributed by atoms with van der Waals surface area (Å²) in [7, 11) is 0. The quantitative estimate of drug-likeness (QED) is 0.532. The molecule has 1 aliphatic carbocycles. The molecule has 2 amide bonds. The molecule has 0 heterocycles. The Kier molecular flexibility index (Phi) is 4.15. The van der Waals surface area contributed by atoms with Gasteiger partial charge in [-0.25, -0.2) is 4.79 Å². The predicted molar refractivity (Wildman–Crippen MR) is 56.4 cm³/mol. The molecule has 0 bridgehead atoms. The molecular weight excluding hydrogens is 184 g/mol. The number of rotatable bonds is 3. The smallest absolute Gasteiger partial charge is 0.324 e. The minimum absolute atomic E-state index is 0.472. The Hall–Kier alpha value is -0.640. The zero-order valence-electron chi connectivity index (χ0n) is 7.70. The van der Waals surface area contributed by atoms with Crippen molar-refractivity contribution >= 4 is 18.8 Å². The highest BCUT2D eigenvalue weighted by Gasteiger charge is 2.07. The normalized spacial score (nSPS) is 16.5. The van der Waals surface area contributed by atoms with E-state index in [1.807, 2.05) is 0 Å². The number of carbonyl (C=O) groups excluding carboxylic acids is 1. The molecule has 74 valence electrons. The van der Waals surface area contributed by atoms with Crippen LogP contribution in [0, 0.1) is 0 Å². The van der Waals surface area contributed by atoms with Crippen LogP contribution in [0.3, 0.4) is 0 Å². The second-order valence-electron chi connectivity index (χ2n) is 3.32. The Balaban J connectivity index is 2.25. The molecule has 0 saturated carbocycles. The van der Waals surface area contributed by atoms with Crippen LogP contribution in [0.15, 0.2) is 11.6 Å². The number of amides is 2. The van der Waals surface area contributed by atoms with Crippen molar-refractivity contribution in [2.45, 2.75) is 32.1 Å². The Morgan fingerprint density at radius 2 is 2.38 bits per heavy atom. The average molecular weight is 200 g/mol. The average Bonchev–Trinajstić information content (AvgIpc) is 2.15. The summed E-state index contributed by atoms with van der Waals surface area (Å²) in [5.41, 5.74) is 6.48. The van der Waals surface area contributed by atoms with E-state index >= 15 is 0 Å². The number of carbonyl (C=O) groups is 1. The summed E-state index contributed by atoms with van der Waals surface area (Å²) >= 11 is 3.96. The second kappa shape index (κ2) is 5.17. The molecule has 0 fully saturated rings. The lowest BCUT2D eigenvalue weighted by molar-refractivity contribution is 0.235. The fourth-order valence-electron chi connectivity index (χ4n) is 1.49. The van der Waals surface area contributed by atoms with Crippen molar-refractivity contribution in [1.29, 1.82) is 0 Å². The van der Waals surface area contributed by atoms with Crippen LogP contribution in [-0.4, -0.2) is 16.9 Å². The monoisotopic (exact) mass is 200 g/mol. The van der Waals surface area contributed by atoms with E-state index in [2.05, 4.69) is 18.9 Å². The molecule has 4 heteroatoms. The van der Waals surface area contributed by atoms with Gasteiger partial charge in [-0.05, 0) is 32.1 Å². The Morgan fingerprint density at radius 3 is 2.92 bits per heavy atom. The van der Waals surface area contributed by atoms with Gasteiger partial charge in [-0.15, -0.1) is 0 Å². The molecule has 0 aromatic heterocycles. The standard InChI is InChI=1S/C9H16N2OS/c10-9(12)11(13)7-6-8-4-2-1-3-5-8/h4,13H,1-3,5-7H2,(H2,10,12). The molecule has 1 aliphatic rings. The first-order valence-electron chi connectivity index (χ1n) is 4.64. The highest BCUT2D eigenvalue weighted by atomic mass is 32.1. The highest BCUT2D eigenvalue weighted by molar-refractivity contribution is 7.78. The van der Waals surface area contributed by atoms with Crippen molar-refractivity contribution < 1.29 is 4.79 Å². The van der Waals surface area contributed by atoms with Gasteiger partial charge in [-0.1, -0.05) is 24.5 Å². The van der Waals surface area contributed by atoms with E-state index in [0.717, 1.165) is 6.42 Å². The van der Waals surface area contributed by atoms with Crippen LogP contribution < -0.4 is 5.73 Å². The lowest BCUT2D eigenvalue weighted by Gasteiger charge is -2.16. The maximum absolute atomic E-state index is 10.6. The van der Waals surface area contributed by atoms with Gasteiger partial charge >= 0.3 is 6.03 Å². The molecule has 13 heavy (non-hydrogen) atoms. The van der Waals surface area contributed by atoms with Gasteiger partial charge in [0.25, 0.3) is 0 Å². The van der Waals surface area contributed by atoms with E-state index in [4.69, 9.17) is 5.73 Å². The van der Waals surface area contributed by atoms with Gasteiger partial charge in [0.1, 0.15) is 0 Å². The van der Waals surface area contributed by atoms with Crippen LogP contribution >= 0.6 is 12.8 Å². The predicted octanol–water partition coefficient (Wildman–Crippen LogP) is 2.10. The van der Waals surface area contributed by atoms with Crippen molar-refractivity contribution in [2.75, 3.05) is 6.54 Å². The number of urea groups is 1. The van der Waals surface area contributed by atoms with E-state index in [9.17, 15) is 4.79 Å². The van der Waals surface area contributed by atoms with Gasteiger partial charge in [-0.2, -0.15) is 0 Å². The summed E-state index contributed by atoms with van der Waals surface area (Å²) in [5.74, 6) is 0. The molecule has 1 rings (SSSR count). The highest BCUT2D eigenvalue weighted by Crippen LogP contribution is 2.20. The van der Waals surface area contributed by atoms with Crippen LogP contribution in [0.25, 0.3) is 0 Å². The van der Waals surface area contributed by atoms with E-state index < -0.39 is 6.03 Å². The maximum atomic E-state index is 10.6. The van der Waals surface area contributed by atoms with E-state index in [0.29, 0.717) is 6.54 Å². The Morgan fingerprint density at radius 1 is 1.62 bits per heavy atom. The molecule has 2 N–H and O–H groups in total. The molecule has 0 saturated heterocycles. The molecule has 0 atom stereocenters. The van der Waals surface area contributed by atoms with Crippen molar-refractivity contribution in [3.05, 3.63) is 11.6 Å². The van der Waals surface area contributed by atoms with Crippen LogP contribution in [-0.2, 0) is 0 Å². The van der Waals surface area contributed by atoms with Crippen molar-refractivity contribution in [2.24, 2.45) is 5.73 Å². The number of hydrogen-bond donors (Lipinski definition) is 2. The summed E-state index contributed by atoms with van der Waals surface area (Å²) in [6.45, 7) is 0.615. The summed E-state index contributed by atoms with van der Waals surface area (Å²) < 4.78 is 1.26. The van der Waals surface area contributed by atoms with Crippen LogP contribution in [0.2, 0.25) is 0 Å². The molecule has 0 aliphatic heterocycles. The van der Waals surface area contributed by atoms with E-state index in [1.54, 1.807) is 0 Å². The largest absolute Gasteiger partial charge is 0.351 e. The molecule has 0 unspecified atom stereocenters. The van der Waals surface area contributed by atoms with Crippen molar-refractivity contribution in [1.82, 2.24) is 4.31 Å². The molecule has 3 nitrogen and oxygen atoms in total. The van der Waals surface area contributed by atoms with E-state index in [1.165, 1.54) is 35.6 Å². The van der Waals surface area contributed by atoms with Crippen LogP contribution in [0.4, 0.5) is 4.79 Å². The van der Waals surface area contributed by atoms with Gasteiger partial charge < -0.3 is 5.73 Å². The van der Waals surface area contributed by atoms with Gasteiger partial charge in [0.15, 0.2) is 0 Å². The van der Waals surface area contributed by atoms with Crippen molar-refractivity contribution in [3.63, 3.8) is 0 Å². The van der Waals surface area contributed by atoms with Gasteiger partial charge in [0.2, 0.25) is 0 Å². The zero-order chi connectivity index (χ0) is 9.68. The second-order valence-corrected chi connectivity index (χ2v) is 3.80. The number of nitrogens with two attached hydrogens (primary N) is 1. The van der Waals surface area contributed by atoms with Crippen LogP contribution in [0.5, 0.6) is 0 Å². The SMILES string of the molecule is NC(=O)N(S)CCC1=CCCCC1. The molecule has 0 aromatic rings. The van der Waals surface area contributed by atoms with Gasteiger partial charge in [0, 0.05) is 6.54 Å². The first-order chi connectivity index (χ1) is 6.20. The van der Waals surface area contributed by atoms with E-state index in [-0.39, 0.29) is 0 Å². The summed E-state index contributed by atoms with van der Waals surface area (Å²) in [6, 6.07) is -0.472. The fourth-order valence-corrected chi connectivity index (χ4v) is 1.59. The number of hydrogen-bond acceptors (Lipinski definition) is 2. The number of nitrogens with zero attached hydrogens (tertiary/aromatic N) is 1. The summed E-state index contributed by atoms with van der Waals surface area (Å²) in [6.07, 6.45) is 8.09. The summed E-state index contributed by atoms with van der Waals surface area (Å²) in [4.78, 5) is 10.6. The molecular formula is C9H16N2OS. The number of allylic oxidation sites excluding steroid dienone is 1. The maximum Gasteiger partial charge on any atom is 0.324 e. The lowest BCUT2D eigenvalue weighted by atomic mass is 9.97. The number of thiol groups is 1. The first kappa shape index (κ1) is 10.4. The third-order valence-electron chi connectivity index (χ3n) is 2.28. The molecule has 0 radical (unpaired) electrons. The number of primary amides is 1. The van der Waals surface area contributed by atoms with Crippen LogP contribution in [0.1, 0.15) is 32.1 Å². The molecule has 0 aromatic carbocycles. The Labute approximate surface area is 84.5 Å². The van der Waals surface area contributed by atoms with Gasteiger partial charge in [0.05, 0.1) is 0 Å². The lowest BCUT2D eigenvalue weighted by Crippen LogP contribution is -2.28. The zero-order valence-corrected chi connectivity index (χ0v) is 8.59. The third-order valence-corrected chi connectivity index (χ3v) is 2.68. The Bertz CT molecular complexity index is 216. The molecule has 0 spiro atoms. The third kappa shape index (κ3) is 3.72. The minimum atomic E-state index is -0.472. The minimum Gasteiger partial charge on any atom is -0.351 e. The van der Waals surface area contributed by atoms with Gasteiger partial charge in [-0.3, -0.25) is 4.31 Å². The first-order valence-corrected chi connectivity index (χ1v) is 5.04. The topological polar surface area (TPSA) is 46.3 Å². The fraction of sp³-hybridized carbons (Fsp3) is 0.667.